The highest BCUT2D eigenvalue weighted by Crippen LogP contribution is 2.29. The smallest absolute Gasteiger partial charge is 0.313 e. The molecule has 1 rings (SSSR count). The summed E-state index contributed by atoms with van der Waals surface area (Å²) in [5, 5.41) is 8.57. The minimum atomic E-state index is -0.800. The number of hydrogen-bond donors (Lipinski definition) is 1. The molecular formula is C11H14O3S. The Morgan fingerprint density at radius 2 is 1.93 bits per heavy atom. The summed E-state index contributed by atoms with van der Waals surface area (Å²) in [4.78, 5) is 11.4. The van der Waals surface area contributed by atoms with E-state index in [1.807, 2.05) is 26.0 Å². The lowest BCUT2D eigenvalue weighted by Gasteiger charge is -2.10. The zero-order valence-electron chi connectivity index (χ0n) is 9.03. The first kappa shape index (κ1) is 11.9. The van der Waals surface area contributed by atoms with Gasteiger partial charge in [-0.3, -0.25) is 4.79 Å². The first-order valence-corrected chi connectivity index (χ1v) is 5.53. The molecule has 1 aromatic carbocycles. The Hall–Kier alpha value is -1.16. The van der Waals surface area contributed by atoms with Crippen molar-refractivity contribution in [3.05, 3.63) is 23.3 Å². The van der Waals surface area contributed by atoms with E-state index in [9.17, 15) is 4.79 Å². The summed E-state index contributed by atoms with van der Waals surface area (Å²) in [5.74, 6) is 0.159. The van der Waals surface area contributed by atoms with Crippen molar-refractivity contribution in [2.45, 2.75) is 18.7 Å². The van der Waals surface area contributed by atoms with E-state index >= 15 is 0 Å². The van der Waals surface area contributed by atoms with Crippen LogP contribution in [0, 0.1) is 13.8 Å². The molecule has 15 heavy (non-hydrogen) atoms. The third-order valence-electron chi connectivity index (χ3n) is 2.00. The van der Waals surface area contributed by atoms with Gasteiger partial charge < -0.3 is 9.84 Å². The summed E-state index contributed by atoms with van der Waals surface area (Å²) in [6.07, 6.45) is 0. The molecule has 0 fully saturated rings. The van der Waals surface area contributed by atoms with E-state index in [0.29, 0.717) is 0 Å². The van der Waals surface area contributed by atoms with Crippen LogP contribution in [0.1, 0.15) is 11.1 Å². The van der Waals surface area contributed by atoms with Crippen molar-refractivity contribution in [3.63, 3.8) is 0 Å². The van der Waals surface area contributed by atoms with Gasteiger partial charge in [-0.25, -0.2) is 0 Å². The van der Waals surface area contributed by atoms with Crippen LogP contribution in [-0.4, -0.2) is 23.9 Å². The second kappa shape index (κ2) is 5.07. The molecule has 4 heteroatoms. The molecule has 0 aliphatic heterocycles. The molecule has 0 atom stereocenters. The Morgan fingerprint density at radius 3 is 2.33 bits per heavy atom. The molecular weight excluding hydrogens is 212 g/mol. The summed E-state index contributed by atoms with van der Waals surface area (Å²) >= 11 is 1.32. The van der Waals surface area contributed by atoms with Gasteiger partial charge in [-0.2, -0.15) is 0 Å². The van der Waals surface area contributed by atoms with E-state index in [0.717, 1.165) is 21.8 Å². The summed E-state index contributed by atoms with van der Waals surface area (Å²) in [5.41, 5.74) is 2.07. The number of carboxylic acids is 1. The number of carbonyl (C=O) groups is 1. The van der Waals surface area contributed by atoms with E-state index in [-0.39, 0.29) is 5.75 Å². The van der Waals surface area contributed by atoms with Crippen molar-refractivity contribution in [2.75, 3.05) is 12.9 Å². The second-order valence-corrected chi connectivity index (χ2v) is 4.32. The molecule has 0 amide bonds. The van der Waals surface area contributed by atoms with Gasteiger partial charge in [-0.05, 0) is 37.1 Å². The Kier molecular flexibility index (Phi) is 4.03. The Labute approximate surface area is 93.4 Å². The summed E-state index contributed by atoms with van der Waals surface area (Å²) in [6, 6.07) is 3.89. The fourth-order valence-electron chi connectivity index (χ4n) is 1.46. The van der Waals surface area contributed by atoms with Crippen LogP contribution in [0.15, 0.2) is 17.0 Å². The van der Waals surface area contributed by atoms with Gasteiger partial charge in [0.15, 0.2) is 0 Å². The fraction of sp³-hybridized carbons (Fsp3) is 0.364. The fourth-order valence-corrected chi connectivity index (χ4v) is 2.27. The summed E-state index contributed by atoms with van der Waals surface area (Å²) in [7, 11) is 1.64. The van der Waals surface area contributed by atoms with Gasteiger partial charge in [0.25, 0.3) is 0 Å². The van der Waals surface area contributed by atoms with Crippen LogP contribution in [0.25, 0.3) is 0 Å². The number of aliphatic carboxylic acids is 1. The van der Waals surface area contributed by atoms with E-state index in [1.165, 1.54) is 11.8 Å². The minimum Gasteiger partial charge on any atom is -0.496 e. The lowest BCUT2D eigenvalue weighted by Crippen LogP contribution is -1.98. The minimum absolute atomic E-state index is 0.0885. The molecule has 1 aromatic rings. The molecule has 0 spiro atoms. The summed E-state index contributed by atoms with van der Waals surface area (Å²) < 4.78 is 5.23. The number of hydrogen-bond acceptors (Lipinski definition) is 3. The molecule has 1 N–H and O–H groups in total. The molecule has 0 aliphatic rings. The second-order valence-electron chi connectivity index (χ2n) is 3.27. The largest absolute Gasteiger partial charge is 0.496 e. The quantitative estimate of drug-likeness (QED) is 0.801. The lowest BCUT2D eigenvalue weighted by molar-refractivity contribution is -0.133. The molecule has 0 heterocycles. The molecule has 0 bridgehead atoms. The van der Waals surface area contributed by atoms with Gasteiger partial charge in [0.1, 0.15) is 5.75 Å². The van der Waals surface area contributed by atoms with Crippen molar-refractivity contribution in [3.8, 4) is 5.75 Å². The van der Waals surface area contributed by atoms with Crippen LogP contribution in [0.4, 0.5) is 0 Å². The van der Waals surface area contributed by atoms with Crippen LogP contribution in [0.2, 0.25) is 0 Å². The maximum Gasteiger partial charge on any atom is 0.313 e. The zero-order chi connectivity index (χ0) is 11.4. The first-order chi connectivity index (χ1) is 7.04. The Morgan fingerprint density at radius 1 is 1.40 bits per heavy atom. The molecule has 0 unspecified atom stereocenters. The zero-order valence-corrected chi connectivity index (χ0v) is 9.85. The number of aryl methyl sites for hydroxylation is 2. The van der Waals surface area contributed by atoms with Gasteiger partial charge >= 0.3 is 5.97 Å². The van der Waals surface area contributed by atoms with Crippen LogP contribution >= 0.6 is 11.8 Å². The number of rotatable bonds is 4. The molecule has 0 saturated heterocycles. The van der Waals surface area contributed by atoms with Gasteiger partial charge in [0, 0.05) is 4.90 Å². The summed E-state index contributed by atoms with van der Waals surface area (Å²) in [6.45, 7) is 3.91. The standard InChI is InChI=1S/C11H14O3S/c1-7-4-9(15-6-10(12)13)5-8(2)11(7)14-3/h4-5H,6H2,1-3H3,(H,12,13). The van der Waals surface area contributed by atoms with Gasteiger partial charge in [-0.15, -0.1) is 11.8 Å². The van der Waals surface area contributed by atoms with Crippen molar-refractivity contribution in [1.29, 1.82) is 0 Å². The van der Waals surface area contributed by atoms with E-state index < -0.39 is 5.97 Å². The third kappa shape index (κ3) is 3.16. The Bertz CT molecular complexity index is 351. The highest BCUT2D eigenvalue weighted by Gasteiger charge is 2.06. The number of methoxy groups -OCH3 is 1. The Balaban J connectivity index is 2.88. The number of ether oxygens (including phenoxy) is 1. The predicted octanol–water partition coefficient (Wildman–Crippen LogP) is 2.49. The molecule has 3 nitrogen and oxygen atoms in total. The normalized spacial score (nSPS) is 10.1. The van der Waals surface area contributed by atoms with E-state index in [1.54, 1.807) is 7.11 Å². The van der Waals surface area contributed by atoms with Crippen LogP contribution < -0.4 is 4.74 Å². The van der Waals surface area contributed by atoms with Gasteiger partial charge in [0.2, 0.25) is 0 Å². The molecule has 0 radical (unpaired) electrons. The highest BCUT2D eigenvalue weighted by molar-refractivity contribution is 8.00. The number of thioether (sulfide) groups is 1. The lowest BCUT2D eigenvalue weighted by atomic mass is 10.1. The van der Waals surface area contributed by atoms with E-state index in [4.69, 9.17) is 9.84 Å². The average molecular weight is 226 g/mol. The van der Waals surface area contributed by atoms with Gasteiger partial charge in [0.05, 0.1) is 12.9 Å². The first-order valence-electron chi connectivity index (χ1n) is 4.54. The van der Waals surface area contributed by atoms with E-state index in [2.05, 4.69) is 0 Å². The van der Waals surface area contributed by atoms with Crippen molar-refractivity contribution in [1.82, 2.24) is 0 Å². The van der Waals surface area contributed by atoms with Crippen LogP contribution in [-0.2, 0) is 4.79 Å². The SMILES string of the molecule is COc1c(C)cc(SCC(=O)O)cc1C. The topological polar surface area (TPSA) is 46.5 Å². The number of benzene rings is 1. The average Bonchev–Trinajstić information content (AvgIpc) is 2.14. The molecule has 82 valence electrons. The third-order valence-corrected chi connectivity index (χ3v) is 2.96. The molecule has 0 aliphatic carbocycles. The highest BCUT2D eigenvalue weighted by atomic mass is 32.2. The van der Waals surface area contributed by atoms with Crippen LogP contribution in [0.3, 0.4) is 0 Å². The van der Waals surface area contributed by atoms with Gasteiger partial charge in [-0.1, -0.05) is 0 Å². The number of carboxylic acid groups (broad SMARTS) is 1. The van der Waals surface area contributed by atoms with Crippen molar-refractivity contribution in [2.24, 2.45) is 0 Å². The molecule has 0 saturated carbocycles. The predicted molar refractivity (Wildman–Crippen MR) is 60.8 cm³/mol. The molecule has 0 aromatic heterocycles. The maximum absolute atomic E-state index is 10.4. The van der Waals surface area contributed by atoms with Crippen molar-refractivity contribution < 1.29 is 14.6 Å². The van der Waals surface area contributed by atoms with Crippen LogP contribution in [0.5, 0.6) is 5.75 Å². The monoisotopic (exact) mass is 226 g/mol. The maximum atomic E-state index is 10.4. The van der Waals surface area contributed by atoms with Crippen molar-refractivity contribution >= 4 is 17.7 Å².